The Morgan fingerprint density at radius 2 is 2.10 bits per heavy atom. The topological polar surface area (TPSA) is 38.5 Å². The number of anilines is 1. The lowest BCUT2D eigenvalue weighted by Crippen LogP contribution is -2.59. The van der Waals surface area contributed by atoms with Gasteiger partial charge in [-0.05, 0) is 38.3 Å². The second kappa shape index (κ2) is 7.09. The highest BCUT2D eigenvalue weighted by Crippen LogP contribution is 2.34. The summed E-state index contributed by atoms with van der Waals surface area (Å²) in [6.45, 7) is 6.98. The second-order valence-corrected chi connectivity index (χ2v) is 5.90. The number of nitrogens with two attached hydrogens (primary N) is 1. The Hall–Kier alpha value is -1.06. The molecule has 0 aliphatic carbocycles. The average molecular weight is 276 g/mol. The predicted octanol–water partition coefficient (Wildman–Crippen LogP) is 3.19. The van der Waals surface area contributed by atoms with Crippen molar-refractivity contribution in [1.29, 1.82) is 0 Å². The van der Waals surface area contributed by atoms with E-state index >= 15 is 0 Å². The number of nitrogens with zero attached hydrogens (tertiary/aromatic N) is 1. The van der Waals surface area contributed by atoms with E-state index in [1.54, 1.807) is 0 Å². The van der Waals surface area contributed by atoms with E-state index in [-0.39, 0.29) is 5.54 Å². The maximum Gasteiger partial charge on any atom is 0.0570 e. The summed E-state index contributed by atoms with van der Waals surface area (Å²) in [5, 5.41) is 0. The van der Waals surface area contributed by atoms with Crippen LogP contribution in [0, 0.1) is 0 Å². The first kappa shape index (κ1) is 15.3. The molecule has 1 aliphatic heterocycles. The van der Waals surface area contributed by atoms with Crippen LogP contribution in [0.3, 0.4) is 0 Å². The molecule has 1 aromatic rings. The van der Waals surface area contributed by atoms with Crippen LogP contribution in [-0.2, 0) is 4.74 Å². The van der Waals surface area contributed by atoms with Crippen LogP contribution >= 0.6 is 0 Å². The Balaban J connectivity index is 2.28. The van der Waals surface area contributed by atoms with Crippen LogP contribution in [0.15, 0.2) is 30.3 Å². The van der Waals surface area contributed by atoms with E-state index in [4.69, 9.17) is 10.5 Å². The van der Waals surface area contributed by atoms with Gasteiger partial charge < -0.3 is 15.4 Å². The number of hydrogen-bond donors (Lipinski definition) is 1. The van der Waals surface area contributed by atoms with Gasteiger partial charge in [-0.3, -0.25) is 0 Å². The van der Waals surface area contributed by atoms with Crippen LogP contribution in [0.1, 0.15) is 39.5 Å². The molecule has 2 rings (SSSR count). The molecule has 3 nitrogen and oxygen atoms in total. The van der Waals surface area contributed by atoms with Crippen LogP contribution in [0.4, 0.5) is 5.69 Å². The number of unbranched alkanes of at least 4 members (excludes halogenated alkanes) is 1. The van der Waals surface area contributed by atoms with Crippen LogP contribution in [0.5, 0.6) is 0 Å². The smallest absolute Gasteiger partial charge is 0.0570 e. The molecule has 1 heterocycles. The van der Waals surface area contributed by atoms with Crippen molar-refractivity contribution in [3.63, 3.8) is 0 Å². The molecular weight excluding hydrogens is 248 g/mol. The third-order valence-electron chi connectivity index (χ3n) is 4.39. The minimum Gasteiger partial charge on any atom is -0.378 e. The van der Waals surface area contributed by atoms with Crippen LogP contribution in [-0.4, -0.2) is 31.3 Å². The molecule has 20 heavy (non-hydrogen) atoms. The van der Waals surface area contributed by atoms with Gasteiger partial charge in [0.2, 0.25) is 0 Å². The fourth-order valence-corrected chi connectivity index (χ4v) is 3.25. The largest absolute Gasteiger partial charge is 0.378 e. The molecule has 0 spiro atoms. The maximum atomic E-state index is 6.21. The zero-order chi connectivity index (χ0) is 14.4. The average Bonchev–Trinajstić information content (AvgIpc) is 2.49. The molecule has 0 amide bonds. The Labute approximate surface area is 123 Å². The summed E-state index contributed by atoms with van der Waals surface area (Å²) in [4.78, 5) is 2.54. The first-order valence-corrected chi connectivity index (χ1v) is 7.86. The quantitative estimate of drug-likeness (QED) is 0.867. The standard InChI is InChI=1S/C17H28N2O/c1-3-4-11-19(16-8-6-5-7-9-16)17(14-18)10-12-20-15(2)13-17/h5-9,15H,3-4,10-14,18H2,1-2H3. The SMILES string of the molecule is CCCCN(c1ccccc1)C1(CN)CCOC(C)C1. The number of benzene rings is 1. The molecule has 2 atom stereocenters. The molecule has 3 heteroatoms. The van der Waals surface area contributed by atoms with E-state index in [0.717, 1.165) is 26.0 Å². The van der Waals surface area contributed by atoms with Gasteiger partial charge in [0.1, 0.15) is 0 Å². The van der Waals surface area contributed by atoms with Gasteiger partial charge in [0.25, 0.3) is 0 Å². The molecule has 2 unspecified atom stereocenters. The lowest BCUT2D eigenvalue weighted by Gasteiger charge is -2.49. The summed E-state index contributed by atoms with van der Waals surface area (Å²) in [6, 6.07) is 10.7. The lowest BCUT2D eigenvalue weighted by molar-refractivity contribution is -0.00768. The highest BCUT2D eigenvalue weighted by atomic mass is 16.5. The van der Waals surface area contributed by atoms with Crippen molar-refractivity contribution in [3.05, 3.63) is 30.3 Å². The summed E-state index contributed by atoms with van der Waals surface area (Å²) in [5.74, 6) is 0. The number of para-hydroxylation sites is 1. The Morgan fingerprint density at radius 1 is 1.35 bits per heavy atom. The minimum atomic E-state index is 0.0498. The third-order valence-corrected chi connectivity index (χ3v) is 4.39. The molecule has 0 radical (unpaired) electrons. The van der Waals surface area contributed by atoms with E-state index in [0.29, 0.717) is 12.6 Å². The summed E-state index contributed by atoms with van der Waals surface area (Å²) >= 11 is 0. The van der Waals surface area contributed by atoms with Crippen molar-refractivity contribution in [2.24, 2.45) is 5.73 Å². The molecule has 1 fully saturated rings. The fourth-order valence-electron chi connectivity index (χ4n) is 3.25. The van der Waals surface area contributed by atoms with E-state index in [2.05, 4.69) is 49.1 Å². The van der Waals surface area contributed by atoms with E-state index in [9.17, 15) is 0 Å². The predicted molar refractivity (Wildman–Crippen MR) is 85.1 cm³/mol. The third kappa shape index (κ3) is 3.33. The van der Waals surface area contributed by atoms with Gasteiger partial charge in [0, 0.05) is 25.4 Å². The monoisotopic (exact) mass is 276 g/mol. The first-order valence-electron chi connectivity index (χ1n) is 7.86. The number of ether oxygens (including phenoxy) is 1. The van der Waals surface area contributed by atoms with Crippen LogP contribution in [0.2, 0.25) is 0 Å². The van der Waals surface area contributed by atoms with Gasteiger partial charge in [-0.1, -0.05) is 31.5 Å². The molecule has 2 N–H and O–H groups in total. The Bertz CT molecular complexity index is 395. The molecule has 0 bridgehead atoms. The molecule has 1 aliphatic rings. The van der Waals surface area contributed by atoms with Crippen LogP contribution in [0.25, 0.3) is 0 Å². The minimum absolute atomic E-state index is 0.0498. The van der Waals surface area contributed by atoms with Gasteiger partial charge in [0.15, 0.2) is 0 Å². The zero-order valence-corrected chi connectivity index (χ0v) is 12.8. The molecule has 1 aromatic carbocycles. The van der Waals surface area contributed by atoms with E-state index in [1.807, 2.05) is 0 Å². The summed E-state index contributed by atoms with van der Waals surface area (Å²) in [7, 11) is 0. The molecular formula is C17H28N2O. The maximum absolute atomic E-state index is 6.21. The number of hydrogen-bond acceptors (Lipinski definition) is 3. The highest BCUT2D eigenvalue weighted by molar-refractivity contribution is 5.49. The van der Waals surface area contributed by atoms with Crippen molar-refractivity contribution in [2.45, 2.75) is 51.2 Å². The van der Waals surface area contributed by atoms with Crippen molar-refractivity contribution in [3.8, 4) is 0 Å². The van der Waals surface area contributed by atoms with E-state index in [1.165, 1.54) is 18.5 Å². The zero-order valence-electron chi connectivity index (χ0n) is 12.8. The summed E-state index contributed by atoms with van der Waals surface area (Å²) < 4.78 is 5.74. The van der Waals surface area contributed by atoms with Crippen molar-refractivity contribution < 1.29 is 4.74 Å². The van der Waals surface area contributed by atoms with Gasteiger partial charge in [-0.15, -0.1) is 0 Å². The Morgan fingerprint density at radius 3 is 2.70 bits per heavy atom. The molecule has 112 valence electrons. The normalized spacial score (nSPS) is 26.4. The van der Waals surface area contributed by atoms with Crippen LogP contribution < -0.4 is 10.6 Å². The summed E-state index contributed by atoms with van der Waals surface area (Å²) in [6.07, 6.45) is 4.73. The van der Waals surface area contributed by atoms with Crippen molar-refractivity contribution >= 4 is 5.69 Å². The highest BCUT2D eigenvalue weighted by Gasteiger charge is 2.39. The molecule has 0 aromatic heterocycles. The van der Waals surface area contributed by atoms with E-state index < -0.39 is 0 Å². The van der Waals surface area contributed by atoms with Gasteiger partial charge >= 0.3 is 0 Å². The number of rotatable bonds is 6. The first-order chi connectivity index (χ1) is 9.72. The fraction of sp³-hybridized carbons (Fsp3) is 0.647. The van der Waals surface area contributed by atoms with Gasteiger partial charge in [-0.2, -0.15) is 0 Å². The van der Waals surface area contributed by atoms with Crippen molar-refractivity contribution in [1.82, 2.24) is 0 Å². The van der Waals surface area contributed by atoms with Gasteiger partial charge in [0.05, 0.1) is 11.6 Å². The Kier molecular flexibility index (Phi) is 5.44. The lowest BCUT2D eigenvalue weighted by atomic mass is 9.84. The molecule has 0 saturated carbocycles. The molecule has 1 saturated heterocycles. The van der Waals surface area contributed by atoms with Gasteiger partial charge in [-0.25, -0.2) is 0 Å². The second-order valence-electron chi connectivity index (χ2n) is 5.90. The summed E-state index contributed by atoms with van der Waals surface area (Å²) in [5.41, 5.74) is 7.56. The van der Waals surface area contributed by atoms with Crippen molar-refractivity contribution in [2.75, 3.05) is 24.6 Å².